The molecule has 0 bridgehead atoms. The van der Waals surface area contributed by atoms with E-state index in [-0.39, 0.29) is 5.91 Å². The zero-order chi connectivity index (χ0) is 11.8. The second-order valence-corrected chi connectivity index (χ2v) is 5.06. The van der Waals surface area contributed by atoms with Gasteiger partial charge in [0.15, 0.2) is 0 Å². The summed E-state index contributed by atoms with van der Waals surface area (Å²) >= 11 is 1.35. The average Bonchev–Trinajstić information content (AvgIpc) is 2.85. The number of carboxylic acids is 1. The van der Waals surface area contributed by atoms with Crippen LogP contribution in [0.2, 0.25) is 0 Å². The van der Waals surface area contributed by atoms with E-state index in [9.17, 15) is 14.7 Å². The van der Waals surface area contributed by atoms with Gasteiger partial charge in [0, 0.05) is 6.54 Å². The molecule has 0 spiro atoms. The van der Waals surface area contributed by atoms with Gasteiger partial charge in [0.25, 0.3) is 5.91 Å². The molecule has 1 aliphatic rings. The zero-order valence-corrected chi connectivity index (χ0v) is 9.79. The van der Waals surface area contributed by atoms with Crippen molar-refractivity contribution in [1.29, 1.82) is 0 Å². The smallest absolute Gasteiger partial charge is 0.329 e. The second kappa shape index (κ2) is 3.90. The van der Waals surface area contributed by atoms with Gasteiger partial charge in [-0.15, -0.1) is 11.3 Å². The van der Waals surface area contributed by atoms with Crippen LogP contribution in [0.25, 0.3) is 0 Å². The number of carboxylic acid groups (broad SMARTS) is 1. The van der Waals surface area contributed by atoms with Crippen LogP contribution >= 0.6 is 11.3 Å². The lowest BCUT2D eigenvalue weighted by molar-refractivity contribution is -0.147. The van der Waals surface area contributed by atoms with Crippen LogP contribution in [0, 0.1) is 0 Å². The molecule has 0 aromatic carbocycles. The van der Waals surface area contributed by atoms with Gasteiger partial charge in [0.1, 0.15) is 5.54 Å². The highest BCUT2D eigenvalue weighted by Gasteiger charge is 2.46. The summed E-state index contributed by atoms with van der Waals surface area (Å²) in [7, 11) is 0. The maximum Gasteiger partial charge on any atom is 0.329 e. The van der Waals surface area contributed by atoms with Crippen LogP contribution < -0.4 is 0 Å². The highest BCUT2D eigenvalue weighted by molar-refractivity contribution is 7.12. The summed E-state index contributed by atoms with van der Waals surface area (Å²) in [5.74, 6) is -1.09. The lowest BCUT2D eigenvalue weighted by Gasteiger charge is -2.30. The Kier molecular flexibility index (Phi) is 2.71. The number of hydrogen-bond donors (Lipinski definition) is 1. The Morgan fingerprint density at radius 1 is 1.56 bits per heavy atom. The SMILES string of the molecule is CC1(C(=O)O)CCCN1C(=O)c1cccs1. The quantitative estimate of drug-likeness (QED) is 0.856. The first-order valence-electron chi connectivity index (χ1n) is 5.14. The number of carbonyl (C=O) groups is 2. The molecule has 1 fully saturated rings. The van der Waals surface area contributed by atoms with E-state index in [0.29, 0.717) is 17.8 Å². The summed E-state index contributed by atoms with van der Waals surface area (Å²) in [4.78, 5) is 25.4. The molecule has 86 valence electrons. The first kappa shape index (κ1) is 11.1. The van der Waals surface area contributed by atoms with Crippen LogP contribution in [-0.4, -0.2) is 34.0 Å². The van der Waals surface area contributed by atoms with Crippen LogP contribution in [-0.2, 0) is 4.79 Å². The van der Waals surface area contributed by atoms with E-state index in [2.05, 4.69) is 0 Å². The molecule has 1 atom stereocenters. The largest absolute Gasteiger partial charge is 0.480 e. The molecule has 0 saturated carbocycles. The van der Waals surface area contributed by atoms with Gasteiger partial charge in [-0.25, -0.2) is 4.79 Å². The normalized spacial score (nSPS) is 24.7. The number of nitrogens with zero attached hydrogens (tertiary/aromatic N) is 1. The van der Waals surface area contributed by atoms with Gasteiger partial charge in [0.2, 0.25) is 0 Å². The van der Waals surface area contributed by atoms with Gasteiger partial charge < -0.3 is 10.0 Å². The molecular formula is C11H13NO3S. The van der Waals surface area contributed by atoms with Gasteiger partial charge >= 0.3 is 5.97 Å². The van der Waals surface area contributed by atoms with Crippen LogP contribution in [0.1, 0.15) is 29.4 Å². The minimum atomic E-state index is -1.04. The number of thiophene rings is 1. The molecule has 5 heteroatoms. The summed E-state index contributed by atoms with van der Waals surface area (Å²) in [5.41, 5.74) is -1.04. The minimum Gasteiger partial charge on any atom is -0.480 e. The van der Waals surface area contributed by atoms with Gasteiger partial charge in [-0.1, -0.05) is 6.07 Å². The monoisotopic (exact) mass is 239 g/mol. The Morgan fingerprint density at radius 2 is 2.31 bits per heavy atom. The Balaban J connectivity index is 2.27. The summed E-state index contributed by atoms with van der Waals surface area (Å²) < 4.78 is 0. The lowest BCUT2D eigenvalue weighted by atomic mass is 9.99. The van der Waals surface area contributed by atoms with E-state index in [4.69, 9.17) is 0 Å². The van der Waals surface area contributed by atoms with Crippen molar-refractivity contribution in [3.05, 3.63) is 22.4 Å². The Morgan fingerprint density at radius 3 is 2.88 bits per heavy atom. The van der Waals surface area contributed by atoms with Crippen LogP contribution in [0.3, 0.4) is 0 Å². The first-order chi connectivity index (χ1) is 7.55. The molecular weight excluding hydrogens is 226 g/mol. The van der Waals surface area contributed by atoms with Crippen LogP contribution in [0.5, 0.6) is 0 Å². The third-order valence-corrected chi connectivity index (χ3v) is 3.94. The molecule has 4 nitrogen and oxygen atoms in total. The van der Waals surface area contributed by atoms with E-state index in [1.54, 1.807) is 19.1 Å². The van der Waals surface area contributed by atoms with Gasteiger partial charge in [-0.05, 0) is 31.2 Å². The van der Waals surface area contributed by atoms with Crippen LogP contribution in [0.4, 0.5) is 0 Å². The molecule has 1 aliphatic heterocycles. The highest BCUT2D eigenvalue weighted by atomic mass is 32.1. The molecule has 1 saturated heterocycles. The Hall–Kier alpha value is -1.36. The van der Waals surface area contributed by atoms with Crippen molar-refractivity contribution >= 4 is 23.2 Å². The first-order valence-corrected chi connectivity index (χ1v) is 6.02. The van der Waals surface area contributed by atoms with E-state index >= 15 is 0 Å². The molecule has 2 rings (SSSR count). The third-order valence-electron chi connectivity index (χ3n) is 3.08. The van der Waals surface area contributed by atoms with Crippen molar-refractivity contribution in [2.45, 2.75) is 25.3 Å². The molecule has 0 radical (unpaired) electrons. The fraction of sp³-hybridized carbons (Fsp3) is 0.455. The lowest BCUT2D eigenvalue weighted by Crippen LogP contribution is -2.50. The molecule has 2 heterocycles. The molecule has 0 aliphatic carbocycles. The fourth-order valence-electron chi connectivity index (χ4n) is 2.04. The van der Waals surface area contributed by atoms with E-state index in [1.807, 2.05) is 5.38 Å². The number of carbonyl (C=O) groups excluding carboxylic acids is 1. The molecule has 1 aromatic rings. The molecule has 1 amide bonds. The third kappa shape index (κ3) is 1.61. The van der Waals surface area contributed by atoms with Crippen molar-refractivity contribution < 1.29 is 14.7 Å². The van der Waals surface area contributed by atoms with Gasteiger partial charge in [-0.2, -0.15) is 0 Å². The van der Waals surface area contributed by atoms with Crippen molar-refractivity contribution in [2.75, 3.05) is 6.54 Å². The van der Waals surface area contributed by atoms with Crippen molar-refractivity contribution in [1.82, 2.24) is 4.90 Å². The van der Waals surface area contributed by atoms with Crippen molar-refractivity contribution in [2.24, 2.45) is 0 Å². The summed E-state index contributed by atoms with van der Waals surface area (Å²) in [6, 6.07) is 3.53. The minimum absolute atomic E-state index is 0.169. The number of hydrogen-bond acceptors (Lipinski definition) is 3. The standard InChI is InChI=1S/C11H13NO3S/c1-11(10(14)15)5-3-6-12(11)9(13)8-4-2-7-16-8/h2,4,7H,3,5-6H2,1H3,(H,14,15). The highest BCUT2D eigenvalue weighted by Crippen LogP contribution is 2.31. The molecule has 1 N–H and O–H groups in total. The number of rotatable bonds is 2. The number of likely N-dealkylation sites (tertiary alicyclic amines) is 1. The van der Waals surface area contributed by atoms with E-state index in [1.165, 1.54) is 16.2 Å². The van der Waals surface area contributed by atoms with Crippen molar-refractivity contribution in [3.63, 3.8) is 0 Å². The Bertz CT molecular complexity index is 415. The predicted molar refractivity (Wildman–Crippen MR) is 60.6 cm³/mol. The zero-order valence-electron chi connectivity index (χ0n) is 8.97. The summed E-state index contributed by atoms with van der Waals surface area (Å²) in [5, 5.41) is 11.0. The second-order valence-electron chi connectivity index (χ2n) is 4.12. The van der Waals surface area contributed by atoms with Crippen molar-refractivity contribution in [3.8, 4) is 0 Å². The number of aliphatic carboxylic acids is 1. The van der Waals surface area contributed by atoms with E-state index < -0.39 is 11.5 Å². The maximum atomic E-state index is 12.1. The summed E-state index contributed by atoms with van der Waals surface area (Å²) in [6.07, 6.45) is 1.28. The van der Waals surface area contributed by atoms with Gasteiger partial charge in [0.05, 0.1) is 4.88 Å². The summed E-state index contributed by atoms with van der Waals surface area (Å²) in [6.45, 7) is 2.15. The number of amides is 1. The molecule has 1 aromatic heterocycles. The average molecular weight is 239 g/mol. The van der Waals surface area contributed by atoms with Gasteiger partial charge in [-0.3, -0.25) is 4.79 Å². The van der Waals surface area contributed by atoms with Crippen LogP contribution in [0.15, 0.2) is 17.5 Å². The fourth-order valence-corrected chi connectivity index (χ4v) is 2.72. The topological polar surface area (TPSA) is 57.6 Å². The molecule has 1 unspecified atom stereocenters. The Labute approximate surface area is 97.5 Å². The molecule has 16 heavy (non-hydrogen) atoms. The maximum absolute atomic E-state index is 12.1. The van der Waals surface area contributed by atoms with E-state index in [0.717, 1.165) is 6.42 Å². The predicted octanol–water partition coefficient (Wildman–Crippen LogP) is 1.83.